The number of carbonyl (C=O) groups is 1. The number of fused-ring (bicyclic) bond motifs is 2. The second-order valence-electron chi connectivity index (χ2n) is 9.12. The van der Waals surface area contributed by atoms with Crippen molar-refractivity contribution in [1.82, 2.24) is 19.8 Å². The van der Waals surface area contributed by atoms with Crippen LogP contribution in [0.4, 0.5) is 17.2 Å². The van der Waals surface area contributed by atoms with Crippen molar-refractivity contribution < 1.29 is 9.53 Å². The molecule has 8 heteroatoms. The molecule has 35 heavy (non-hydrogen) atoms. The summed E-state index contributed by atoms with van der Waals surface area (Å²) in [5.74, 6) is 1.34. The number of rotatable bonds is 7. The summed E-state index contributed by atoms with van der Waals surface area (Å²) in [5.41, 5.74) is 3.88. The molecule has 0 saturated carbocycles. The highest BCUT2D eigenvalue weighted by Crippen LogP contribution is 2.39. The van der Waals surface area contributed by atoms with E-state index >= 15 is 0 Å². The minimum atomic E-state index is -0.0813. The number of nitrogens with zero attached hydrogens (tertiary/aromatic N) is 5. The predicted molar refractivity (Wildman–Crippen MR) is 140 cm³/mol. The number of benzene rings is 2. The van der Waals surface area contributed by atoms with E-state index < -0.39 is 0 Å². The Bertz CT molecular complexity index is 1240. The van der Waals surface area contributed by atoms with E-state index in [-0.39, 0.29) is 5.91 Å². The van der Waals surface area contributed by atoms with Crippen LogP contribution in [0.5, 0.6) is 5.75 Å². The molecule has 2 aromatic carbocycles. The van der Waals surface area contributed by atoms with Gasteiger partial charge in [-0.1, -0.05) is 30.4 Å². The van der Waals surface area contributed by atoms with Crippen LogP contribution in [-0.2, 0) is 11.2 Å². The molecule has 8 nitrogen and oxygen atoms in total. The molecule has 0 atom stereocenters. The van der Waals surface area contributed by atoms with Gasteiger partial charge in [0, 0.05) is 62.8 Å². The number of hydrogen-bond acceptors (Lipinski definition) is 7. The molecule has 1 saturated heterocycles. The van der Waals surface area contributed by atoms with E-state index in [4.69, 9.17) is 4.74 Å². The minimum absolute atomic E-state index is 0.0813. The lowest BCUT2D eigenvalue weighted by atomic mass is 10.1. The Morgan fingerprint density at radius 1 is 1.09 bits per heavy atom. The van der Waals surface area contributed by atoms with E-state index in [1.165, 1.54) is 11.3 Å². The number of ether oxygens (including phenoxy) is 1. The maximum absolute atomic E-state index is 12.7. The van der Waals surface area contributed by atoms with Crippen molar-refractivity contribution in [1.29, 1.82) is 0 Å². The third-order valence-electron chi connectivity index (χ3n) is 6.78. The van der Waals surface area contributed by atoms with Crippen molar-refractivity contribution in [3.05, 3.63) is 60.4 Å². The fourth-order valence-corrected chi connectivity index (χ4v) is 4.76. The number of anilines is 3. The first-order chi connectivity index (χ1) is 17.1. The van der Waals surface area contributed by atoms with Gasteiger partial charge in [-0.3, -0.25) is 9.69 Å². The molecule has 3 aromatic rings. The van der Waals surface area contributed by atoms with Gasteiger partial charge in [0.2, 0.25) is 5.91 Å². The molecule has 1 amide bonds. The van der Waals surface area contributed by atoms with Gasteiger partial charge in [0.1, 0.15) is 17.9 Å². The zero-order valence-corrected chi connectivity index (χ0v) is 20.4. The SMILES string of the molecule is COc1cc2ncnc(N3CCc4ccccc43)c2cc1NC(=O)CC=CCN1CCN(C)CC1. The van der Waals surface area contributed by atoms with E-state index in [0.29, 0.717) is 17.9 Å². The first-order valence-corrected chi connectivity index (χ1v) is 12.2. The number of hydrogen-bond donors (Lipinski definition) is 1. The average molecular weight is 473 g/mol. The van der Waals surface area contributed by atoms with Crippen LogP contribution in [0.3, 0.4) is 0 Å². The quantitative estimate of drug-likeness (QED) is 0.528. The fraction of sp³-hybridized carbons (Fsp3) is 0.370. The molecule has 5 rings (SSSR count). The van der Waals surface area contributed by atoms with Gasteiger partial charge in [-0.05, 0) is 31.2 Å². The van der Waals surface area contributed by atoms with Crippen LogP contribution in [0, 0.1) is 0 Å². The zero-order chi connectivity index (χ0) is 24.2. The minimum Gasteiger partial charge on any atom is -0.494 e. The van der Waals surface area contributed by atoms with Gasteiger partial charge in [0.15, 0.2) is 0 Å². The van der Waals surface area contributed by atoms with Gasteiger partial charge >= 0.3 is 0 Å². The van der Waals surface area contributed by atoms with Gasteiger partial charge in [0.05, 0.1) is 18.3 Å². The van der Waals surface area contributed by atoms with Crippen molar-refractivity contribution in [2.24, 2.45) is 0 Å². The summed E-state index contributed by atoms with van der Waals surface area (Å²) in [5, 5.41) is 3.91. The second-order valence-corrected chi connectivity index (χ2v) is 9.12. The highest BCUT2D eigenvalue weighted by molar-refractivity contribution is 6.00. The number of nitrogens with one attached hydrogen (secondary N) is 1. The molecule has 2 aliphatic heterocycles. The number of carbonyl (C=O) groups excluding carboxylic acids is 1. The summed E-state index contributed by atoms with van der Waals surface area (Å²) >= 11 is 0. The largest absolute Gasteiger partial charge is 0.494 e. The third kappa shape index (κ3) is 5.13. The smallest absolute Gasteiger partial charge is 0.228 e. The number of piperazine rings is 1. The van der Waals surface area contributed by atoms with Crippen LogP contribution in [0.2, 0.25) is 0 Å². The molecule has 0 spiro atoms. The van der Waals surface area contributed by atoms with Gasteiger partial charge in [-0.25, -0.2) is 9.97 Å². The van der Waals surface area contributed by atoms with Crippen LogP contribution in [0.15, 0.2) is 54.9 Å². The number of aromatic nitrogens is 2. The molecule has 1 N–H and O–H groups in total. The normalized spacial score (nSPS) is 16.7. The number of methoxy groups -OCH3 is 1. The first-order valence-electron chi connectivity index (χ1n) is 12.2. The lowest BCUT2D eigenvalue weighted by Crippen LogP contribution is -2.44. The molecule has 1 fully saturated rings. The van der Waals surface area contributed by atoms with E-state index in [9.17, 15) is 4.79 Å². The number of para-hydroxylation sites is 1. The lowest BCUT2D eigenvalue weighted by Gasteiger charge is -2.31. The topological polar surface area (TPSA) is 73.8 Å². The average Bonchev–Trinajstić information content (AvgIpc) is 3.31. The van der Waals surface area contributed by atoms with Crippen molar-refractivity contribution >= 4 is 34.0 Å². The highest BCUT2D eigenvalue weighted by atomic mass is 16.5. The fourth-order valence-electron chi connectivity index (χ4n) is 4.76. The molecular weight excluding hydrogens is 440 g/mol. The summed E-state index contributed by atoms with van der Waals surface area (Å²) in [6.45, 7) is 6.03. The van der Waals surface area contributed by atoms with Crippen molar-refractivity contribution in [3.8, 4) is 5.75 Å². The molecule has 0 unspecified atom stereocenters. The predicted octanol–water partition coefficient (Wildman–Crippen LogP) is 3.46. The Balaban J connectivity index is 1.32. The monoisotopic (exact) mass is 472 g/mol. The number of amides is 1. The molecule has 182 valence electrons. The summed E-state index contributed by atoms with van der Waals surface area (Å²) in [4.78, 5) is 28.8. The third-order valence-corrected chi connectivity index (χ3v) is 6.78. The number of likely N-dealkylation sites (N-methyl/N-ethyl adjacent to an activating group) is 1. The molecule has 0 aliphatic carbocycles. The Morgan fingerprint density at radius 3 is 2.74 bits per heavy atom. The van der Waals surface area contributed by atoms with Crippen molar-refractivity contribution in [2.45, 2.75) is 12.8 Å². The van der Waals surface area contributed by atoms with Gasteiger partial charge < -0.3 is 19.9 Å². The maximum Gasteiger partial charge on any atom is 0.228 e. The first kappa shape index (κ1) is 23.3. The Kier molecular flexibility index (Phi) is 6.92. The lowest BCUT2D eigenvalue weighted by molar-refractivity contribution is -0.115. The summed E-state index contributed by atoms with van der Waals surface area (Å²) in [7, 11) is 3.75. The standard InChI is InChI=1S/C27H32N6O2/c1-31-13-15-32(16-14-31)11-6-5-9-26(34)30-23-17-21-22(18-25(23)35-2)28-19-29-27(21)33-12-10-20-7-3-4-8-24(20)33/h3-8,17-19H,9-16H2,1-2H3,(H,30,34). The highest BCUT2D eigenvalue weighted by Gasteiger charge is 2.23. The van der Waals surface area contributed by atoms with Gasteiger partial charge in [0.25, 0.3) is 0 Å². The maximum atomic E-state index is 12.7. The van der Waals surface area contributed by atoms with E-state index in [1.807, 2.05) is 24.3 Å². The Hall–Kier alpha value is -3.49. The summed E-state index contributed by atoms with van der Waals surface area (Å²) < 4.78 is 5.57. The van der Waals surface area contributed by atoms with E-state index in [0.717, 1.165) is 62.4 Å². The van der Waals surface area contributed by atoms with Gasteiger partial charge in [-0.2, -0.15) is 0 Å². The van der Waals surface area contributed by atoms with Crippen LogP contribution >= 0.6 is 0 Å². The summed E-state index contributed by atoms with van der Waals surface area (Å²) in [6.07, 6.45) is 6.89. The van der Waals surface area contributed by atoms with Crippen LogP contribution in [0.1, 0.15) is 12.0 Å². The van der Waals surface area contributed by atoms with E-state index in [1.54, 1.807) is 13.4 Å². The molecule has 0 bridgehead atoms. The molecular formula is C27H32N6O2. The van der Waals surface area contributed by atoms with Crippen LogP contribution in [0.25, 0.3) is 10.9 Å². The molecule has 2 aliphatic rings. The van der Waals surface area contributed by atoms with E-state index in [2.05, 4.69) is 61.3 Å². The van der Waals surface area contributed by atoms with Crippen LogP contribution < -0.4 is 15.0 Å². The van der Waals surface area contributed by atoms with Crippen molar-refractivity contribution in [2.75, 3.05) is 63.6 Å². The van der Waals surface area contributed by atoms with Crippen molar-refractivity contribution in [3.63, 3.8) is 0 Å². The summed E-state index contributed by atoms with van der Waals surface area (Å²) in [6, 6.07) is 12.2. The Morgan fingerprint density at radius 2 is 1.91 bits per heavy atom. The van der Waals surface area contributed by atoms with Crippen LogP contribution in [-0.4, -0.2) is 79.1 Å². The second kappa shape index (κ2) is 10.4. The Labute approximate surface area is 206 Å². The molecule has 1 aromatic heterocycles. The van der Waals surface area contributed by atoms with Gasteiger partial charge in [-0.15, -0.1) is 0 Å². The molecule has 3 heterocycles. The molecule has 0 radical (unpaired) electrons. The zero-order valence-electron chi connectivity index (χ0n) is 20.4.